The lowest BCUT2D eigenvalue weighted by atomic mass is 10.1. The van der Waals surface area contributed by atoms with Gasteiger partial charge in [0.25, 0.3) is 5.91 Å². The van der Waals surface area contributed by atoms with E-state index >= 15 is 0 Å². The van der Waals surface area contributed by atoms with E-state index in [1.807, 2.05) is 49.2 Å². The molecule has 0 spiro atoms. The molecule has 1 fully saturated rings. The predicted octanol–water partition coefficient (Wildman–Crippen LogP) is 5.74. The lowest BCUT2D eigenvalue weighted by Crippen LogP contribution is -2.37. The second-order valence-corrected chi connectivity index (χ2v) is 10.0. The molecule has 7 nitrogen and oxygen atoms in total. The topological polar surface area (TPSA) is 74.3 Å². The van der Waals surface area contributed by atoms with Crippen LogP contribution >= 0.6 is 0 Å². The highest BCUT2D eigenvalue weighted by Gasteiger charge is 2.31. The Balaban J connectivity index is 1.51. The number of benzene rings is 2. The van der Waals surface area contributed by atoms with Crippen LogP contribution in [0, 0.1) is 6.92 Å². The molecule has 10 heteroatoms. The van der Waals surface area contributed by atoms with Gasteiger partial charge in [-0.15, -0.1) is 0 Å². The van der Waals surface area contributed by atoms with Gasteiger partial charge in [0.05, 0.1) is 29.4 Å². The first-order valence-corrected chi connectivity index (χ1v) is 12.8. The number of carbonyl (C=O) groups excluding carboxylic acids is 1. The number of halogens is 3. The molecule has 1 atom stereocenters. The molecule has 2 aromatic heterocycles. The highest BCUT2D eigenvalue weighted by atomic mass is 19.4. The van der Waals surface area contributed by atoms with Gasteiger partial charge in [0, 0.05) is 49.5 Å². The Bertz CT molecular complexity index is 1430. The molecule has 1 saturated heterocycles. The van der Waals surface area contributed by atoms with Crippen molar-refractivity contribution in [3.05, 3.63) is 88.7 Å². The summed E-state index contributed by atoms with van der Waals surface area (Å²) in [5.74, 6) is 0.351. The molecular formula is C29H30F3N5O2. The van der Waals surface area contributed by atoms with Crippen molar-refractivity contribution in [2.24, 2.45) is 0 Å². The van der Waals surface area contributed by atoms with Crippen LogP contribution in [0.3, 0.4) is 0 Å². The fourth-order valence-corrected chi connectivity index (χ4v) is 4.92. The zero-order chi connectivity index (χ0) is 27.6. The first-order chi connectivity index (χ1) is 18.7. The standard InChI is InChI=1S/C29H30F3N5O2/c1-19-5-10-26-21(14-19)15-22(27(34-26)36(2)17-24-11-12-33-35-24)16-37(18-25-4-3-13-39-25)28(38)20-6-8-23(9-7-20)29(30,31)32/h5-12,14-15,25H,3-4,13,16-18H2,1-2H3,(H,33,35). The van der Waals surface area contributed by atoms with Crippen molar-refractivity contribution in [1.29, 1.82) is 0 Å². The van der Waals surface area contributed by atoms with Gasteiger partial charge < -0.3 is 14.5 Å². The number of ether oxygens (including phenoxy) is 1. The number of hydrogen-bond donors (Lipinski definition) is 1. The van der Waals surface area contributed by atoms with Gasteiger partial charge in [-0.25, -0.2) is 4.98 Å². The number of alkyl halides is 3. The first-order valence-electron chi connectivity index (χ1n) is 12.8. The molecule has 1 amide bonds. The number of fused-ring (bicyclic) bond motifs is 1. The number of anilines is 1. The van der Waals surface area contributed by atoms with Gasteiger partial charge >= 0.3 is 6.18 Å². The lowest BCUT2D eigenvalue weighted by molar-refractivity contribution is -0.137. The van der Waals surface area contributed by atoms with Crippen LogP contribution in [0.1, 0.15) is 45.6 Å². The summed E-state index contributed by atoms with van der Waals surface area (Å²) in [6.45, 7) is 3.71. The first kappa shape index (κ1) is 26.7. The van der Waals surface area contributed by atoms with Gasteiger partial charge in [0.1, 0.15) is 5.82 Å². The summed E-state index contributed by atoms with van der Waals surface area (Å²) >= 11 is 0. The summed E-state index contributed by atoms with van der Waals surface area (Å²) in [6.07, 6.45) is -1.19. The predicted molar refractivity (Wildman–Crippen MR) is 142 cm³/mol. The Morgan fingerprint density at radius 1 is 1.10 bits per heavy atom. The minimum absolute atomic E-state index is 0.134. The van der Waals surface area contributed by atoms with Crippen LogP contribution < -0.4 is 4.90 Å². The third-order valence-corrected chi connectivity index (χ3v) is 6.91. The molecule has 2 aromatic carbocycles. The Kier molecular flexibility index (Phi) is 7.56. The van der Waals surface area contributed by atoms with Crippen molar-refractivity contribution >= 4 is 22.6 Å². The molecule has 1 aliphatic heterocycles. The number of aromatic nitrogens is 3. The van der Waals surface area contributed by atoms with Crippen LogP contribution in [0.5, 0.6) is 0 Å². The zero-order valence-corrected chi connectivity index (χ0v) is 21.8. The van der Waals surface area contributed by atoms with Gasteiger partial charge in [-0.3, -0.25) is 9.89 Å². The fraction of sp³-hybridized carbons (Fsp3) is 0.345. The monoisotopic (exact) mass is 537 g/mol. The largest absolute Gasteiger partial charge is 0.416 e. The van der Waals surface area contributed by atoms with Crippen molar-refractivity contribution in [3.8, 4) is 0 Å². The molecule has 3 heterocycles. The molecule has 0 bridgehead atoms. The number of aromatic amines is 1. The molecule has 1 unspecified atom stereocenters. The Morgan fingerprint density at radius 2 is 1.90 bits per heavy atom. The second-order valence-electron chi connectivity index (χ2n) is 10.0. The highest BCUT2D eigenvalue weighted by Crippen LogP contribution is 2.30. The Hall–Kier alpha value is -3.92. The average molecular weight is 538 g/mol. The molecule has 0 saturated carbocycles. The zero-order valence-electron chi connectivity index (χ0n) is 21.8. The number of aryl methyl sites for hydroxylation is 1. The van der Waals surface area contributed by atoms with Crippen LogP contribution in [-0.4, -0.2) is 52.3 Å². The third-order valence-electron chi connectivity index (χ3n) is 6.91. The van der Waals surface area contributed by atoms with Crippen molar-refractivity contribution in [3.63, 3.8) is 0 Å². The second kappa shape index (κ2) is 11.1. The molecule has 0 radical (unpaired) electrons. The van der Waals surface area contributed by atoms with E-state index in [-0.39, 0.29) is 24.1 Å². The van der Waals surface area contributed by atoms with E-state index in [0.29, 0.717) is 25.5 Å². The van der Waals surface area contributed by atoms with E-state index in [0.717, 1.165) is 52.7 Å². The van der Waals surface area contributed by atoms with Crippen molar-refractivity contribution < 1.29 is 22.7 Å². The summed E-state index contributed by atoms with van der Waals surface area (Å²) in [4.78, 5) is 22.3. The molecule has 39 heavy (non-hydrogen) atoms. The van der Waals surface area contributed by atoms with Crippen molar-refractivity contribution in [2.75, 3.05) is 25.1 Å². The average Bonchev–Trinajstić information content (AvgIpc) is 3.61. The number of rotatable bonds is 8. The molecular weight excluding hydrogens is 507 g/mol. The summed E-state index contributed by atoms with van der Waals surface area (Å²) in [7, 11) is 1.93. The van der Waals surface area contributed by atoms with Gasteiger partial charge in [0.15, 0.2) is 0 Å². The van der Waals surface area contributed by atoms with E-state index in [1.165, 1.54) is 12.1 Å². The van der Waals surface area contributed by atoms with Crippen LogP contribution in [-0.2, 0) is 24.0 Å². The summed E-state index contributed by atoms with van der Waals surface area (Å²) in [6, 6.07) is 14.3. The number of H-pyrrole nitrogens is 1. The van der Waals surface area contributed by atoms with E-state index in [2.05, 4.69) is 10.2 Å². The minimum atomic E-state index is -4.47. The Labute approximate surface area is 224 Å². The number of carbonyl (C=O) groups is 1. The lowest BCUT2D eigenvalue weighted by Gasteiger charge is -2.28. The molecule has 204 valence electrons. The van der Waals surface area contributed by atoms with Gasteiger partial charge in [0.2, 0.25) is 0 Å². The van der Waals surface area contributed by atoms with Gasteiger partial charge in [-0.1, -0.05) is 11.6 Å². The maximum Gasteiger partial charge on any atom is 0.416 e. The molecule has 1 aliphatic rings. The molecule has 1 N–H and O–H groups in total. The normalized spacial score (nSPS) is 15.6. The quantitative estimate of drug-likeness (QED) is 0.310. The SMILES string of the molecule is Cc1ccc2nc(N(C)Cc3ccn[nH]3)c(CN(CC3CCCO3)C(=O)c3ccc(C(F)(F)F)cc3)cc2c1. The van der Waals surface area contributed by atoms with Crippen LogP contribution in [0.25, 0.3) is 10.9 Å². The third kappa shape index (κ3) is 6.22. The maximum absolute atomic E-state index is 13.7. The Morgan fingerprint density at radius 3 is 2.56 bits per heavy atom. The number of nitrogens with zero attached hydrogens (tertiary/aromatic N) is 4. The number of pyridine rings is 1. The number of nitrogens with one attached hydrogen (secondary N) is 1. The van der Waals surface area contributed by atoms with Crippen LogP contribution in [0.2, 0.25) is 0 Å². The van der Waals surface area contributed by atoms with E-state index in [1.54, 1.807) is 11.1 Å². The summed E-state index contributed by atoms with van der Waals surface area (Å²) < 4.78 is 45.2. The highest BCUT2D eigenvalue weighted by molar-refractivity contribution is 5.94. The maximum atomic E-state index is 13.7. The molecule has 4 aromatic rings. The van der Waals surface area contributed by atoms with Crippen LogP contribution in [0.4, 0.5) is 19.0 Å². The van der Waals surface area contributed by atoms with E-state index < -0.39 is 11.7 Å². The molecule has 5 rings (SSSR count). The molecule has 0 aliphatic carbocycles. The number of hydrogen-bond acceptors (Lipinski definition) is 5. The van der Waals surface area contributed by atoms with Crippen LogP contribution in [0.15, 0.2) is 60.8 Å². The number of amides is 1. The van der Waals surface area contributed by atoms with Crippen molar-refractivity contribution in [1.82, 2.24) is 20.1 Å². The van der Waals surface area contributed by atoms with E-state index in [9.17, 15) is 18.0 Å². The fourth-order valence-electron chi connectivity index (χ4n) is 4.92. The summed E-state index contributed by atoms with van der Waals surface area (Å²) in [5, 5.41) is 7.94. The summed E-state index contributed by atoms with van der Waals surface area (Å²) in [5.41, 5.74) is 3.06. The van der Waals surface area contributed by atoms with Crippen molar-refractivity contribution in [2.45, 2.75) is 45.1 Å². The van der Waals surface area contributed by atoms with Gasteiger partial charge in [-0.05, 0) is 68.3 Å². The van der Waals surface area contributed by atoms with Gasteiger partial charge in [-0.2, -0.15) is 18.3 Å². The van der Waals surface area contributed by atoms with E-state index in [4.69, 9.17) is 9.72 Å². The minimum Gasteiger partial charge on any atom is -0.376 e. The smallest absolute Gasteiger partial charge is 0.376 e.